The standard InChI is InChI=1S/C15H16BrNO4S/c1-10-6-11(16)8-12(7-10)17-22(18,19)15-5-4-13(20-2)9-14(15)21-3/h4-9,17H,1-3H3. The molecule has 0 saturated carbocycles. The molecule has 0 spiro atoms. The van der Waals surface area contributed by atoms with Crippen LogP contribution in [0.5, 0.6) is 11.5 Å². The van der Waals surface area contributed by atoms with E-state index < -0.39 is 10.0 Å². The van der Waals surface area contributed by atoms with Crippen LogP contribution in [-0.2, 0) is 10.0 Å². The van der Waals surface area contributed by atoms with E-state index >= 15 is 0 Å². The summed E-state index contributed by atoms with van der Waals surface area (Å²) < 4.78 is 38.7. The number of ether oxygens (including phenoxy) is 2. The van der Waals surface area contributed by atoms with E-state index in [1.807, 2.05) is 13.0 Å². The fraction of sp³-hybridized carbons (Fsp3) is 0.200. The molecule has 0 heterocycles. The lowest BCUT2D eigenvalue weighted by Crippen LogP contribution is -2.14. The van der Waals surface area contributed by atoms with Crippen molar-refractivity contribution >= 4 is 31.6 Å². The first-order valence-corrected chi connectivity index (χ1v) is 8.65. The molecule has 0 atom stereocenters. The fourth-order valence-corrected chi connectivity index (χ4v) is 3.80. The molecule has 0 aliphatic heterocycles. The fourth-order valence-electron chi connectivity index (χ4n) is 2.00. The van der Waals surface area contributed by atoms with Gasteiger partial charge in [-0.25, -0.2) is 8.42 Å². The summed E-state index contributed by atoms with van der Waals surface area (Å²) in [7, 11) is -0.847. The number of anilines is 1. The Kier molecular flexibility index (Phi) is 4.97. The highest BCUT2D eigenvalue weighted by atomic mass is 79.9. The number of nitrogens with one attached hydrogen (secondary N) is 1. The normalized spacial score (nSPS) is 11.1. The monoisotopic (exact) mass is 385 g/mol. The Morgan fingerprint density at radius 1 is 1.05 bits per heavy atom. The Morgan fingerprint density at radius 2 is 1.77 bits per heavy atom. The van der Waals surface area contributed by atoms with Crippen molar-refractivity contribution < 1.29 is 17.9 Å². The highest BCUT2D eigenvalue weighted by Crippen LogP contribution is 2.30. The lowest BCUT2D eigenvalue weighted by atomic mass is 10.2. The minimum atomic E-state index is -3.77. The predicted octanol–water partition coefficient (Wildman–Crippen LogP) is 3.58. The molecule has 2 aromatic rings. The third-order valence-corrected chi connectivity index (χ3v) is 4.83. The molecule has 2 rings (SSSR count). The number of hydrogen-bond donors (Lipinski definition) is 1. The molecule has 0 fully saturated rings. The summed E-state index contributed by atoms with van der Waals surface area (Å²) in [6, 6.07) is 9.89. The molecule has 0 aliphatic carbocycles. The quantitative estimate of drug-likeness (QED) is 0.853. The molecule has 0 unspecified atom stereocenters. The van der Waals surface area contributed by atoms with Gasteiger partial charge in [-0.15, -0.1) is 0 Å². The summed E-state index contributed by atoms with van der Waals surface area (Å²) in [5, 5.41) is 0. The molecule has 1 N–H and O–H groups in total. The summed E-state index contributed by atoms with van der Waals surface area (Å²) >= 11 is 3.35. The van der Waals surface area contributed by atoms with Crippen LogP contribution < -0.4 is 14.2 Å². The molecule has 0 saturated heterocycles. The van der Waals surface area contributed by atoms with E-state index in [-0.39, 0.29) is 10.6 Å². The van der Waals surface area contributed by atoms with Crippen LogP contribution in [0.25, 0.3) is 0 Å². The maximum atomic E-state index is 12.6. The van der Waals surface area contributed by atoms with Gasteiger partial charge in [0.05, 0.1) is 19.9 Å². The zero-order valence-corrected chi connectivity index (χ0v) is 14.8. The van der Waals surface area contributed by atoms with Crippen LogP contribution >= 0.6 is 15.9 Å². The van der Waals surface area contributed by atoms with Gasteiger partial charge in [0.1, 0.15) is 16.4 Å². The molecule has 0 aliphatic rings. The minimum Gasteiger partial charge on any atom is -0.497 e. The maximum absolute atomic E-state index is 12.6. The van der Waals surface area contributed by atoms with Gasteiger partial charge >= 0.3 is 0 Å². The summed E-state index contributed by atoms with van der Waals surface area (Å²) in [6.45, 7) is 1.89. The summed E-state index contributed by atoms with van der Waals surface area (Å²) in [4.78, 5) is 0.0495. The molecular formula is C15H16BrNO4S. The van der Waals surface area contributed by atoms with E-state index in [4.69, 9.17) is 9.47 Å². The summed E-state index contributed by atoms with van der Waals surface area (Å²) in [6.07, 6.45) is 0. The van der Waals surface area contributed by atoms with Gasteiger partial charge in [0.25, 0.3) is 10.0 Å². The van der Waals surface area contributed by atoms with Crippen molar-refractivity contribution in [3.8, 4) is 11.5 Å². The van der Waals surface area contributed by atoms with Gasteiger partial charge in [0.2, 0.25) is 0 Å². The van der Waals surface area contributed by atoms with E-state index in [0.717, 1.165) is 10.0 Å². The molecule has 118 valence electrons. The van der Waals surface area contributed by atoms with Gasteiger partial charge in [0.15, 0.2) is 0 Å². The van der Waals surface area contributed by atoms with Crippen molar-refractivity contribution in [3.05, 3.63) is 46.4 Å². The van der Waals surface area contributed by atoms with Crippen molar-refractivity contribution in [2.24, 2.45) is 0 Å². The van der Waals surface area contributed by atoms with Crippen LogP contribution in [0.3, 0.4) is 0 Å². The topological polar surface area (TPSA) is 64.6 Å². The van der Waals surface area contributed by atoms with Gasteiger partial charge in [-0.1, -0.05) is 15.9 Å². The van der Waals surface area contributed by atoms with Crippen molar-refractivity contribution in [1.29, 1.82) is 0 Å². The van der Waals surface area contributed by atoms with Crippen molar-refractivity contribution in [2.45, 2.75) is 11.8 Å². The zero-order chi connectivity index (χ0) is 16.3. The van der Waals surface area contributed by atoms with Gasteiger partial charge in [0, 0.05) is 10.5 Å². The molecule has 2 aromatic carbocycles. The van der Waals surface area contributed by atoms with Crippen molar-refractivity contribution in [3.63, 3.8) is 0 Å². The van der Waals surface area contributed by atoms with E-state index in [9.17, 15) is 8.42 Å². The molecule has 22 heavy (non-hydrogen) atoms. The number of aryl methyl sites for hydroxylation is 1. The Bertz CT molecular complexity index is 770. The molecule has 0 bridgehead atoms. The molecule has 0 aromatic heterocycles. The van der Waals surface area contributed by atoms with Crippen molar-refractivity contribution in [1.82, 2.24) is 0 Å². The highest BCUT2D eigenvalue weighted by Gasteiger charge is 2.20. The van der Waals surface area contributed by atoms with E-state index in [0.29, 0.717) is 11.4 Å². The second-order valence-corrected chi connectivity index (χ2v) is 7.21. The van der Waals surface area contributed by atoms with Crippen LogP contribution in [0.15, 0.2) is 45.8 Å². The lowest BCUT2D eigenvalue weighted by molar-refractivity contribution is 0.386. The van der Waals surface area contributed by atoms with E-state index in [1.54, 1.807) is 18.2 Å². The number of sulfonamides is 1. The first kappa shape index (κ1) is 16.6. The highest BCUT2D eigenvalue weighted by molar-refractivity contribution is 9.10. The number of rotatable bonds is 5. The molecule has 0 amide bonds. The Hall–Kier alpha value is -1.73. The number of methoxy groups -OCH3 is 2. The predicted molar refractivity (Wildman–Crippen MR) is 89.2 cm³/mol. The smallest absolute Gasteiger partial charge is 0.265 e. The Morgan fingerprint density at radius 3 is 2.36 bits per heavy atom. The van der Waals surface area contributed by atoms with Crippen LogP contribution in [0.1, 0.15) is 5.56 Å². The van der Waals surface area contributed by atoms with E-state index in [2.05, 4.69) is 20.7 Å². The Balaban J connectivity index is 2.42. The minimum absolute atomic E-state index is 0.0495. The van der Waals surface area contributed by atoms with Gasteiger partial charge < -0.3 is 9.47 Å². The third kappa shape index (κ3) is 3.72. The van der Waals surface area contributed by atoms with Crippen LogP contribution in [0.4, 0.5) is 5.69 Å². The SMILES string of the molecule is COc1ccc(S(=O)(=O)Nc2cc(C)cc(Br)c2)c(OC)c1. The number of benzene rings is 2. The first-order valence-electron chi connectivity index (χ1n) is 6.38. The molecular weight excluding hydrogens is 370 g/mol. The second-order valence-electron chi connectivity index (χ2n) is 4.64. The average molecular weight is 386 g/mol. The third-order valence-electron chi connectivity index (χ3n) is 2.95. The molecule has 7 heteroatoms. The molecule has 5 nitrogen and oxygen atoms in total. The second kappa shape index (κ2) is 6.58. The average Bonchev–Trinajstić information content (AvgIpc) is 2.44. The van der Waals surface area contributed by atoms with Gasteiger partial charge in [-0.05, 0) is 42.8 Å². The number of halogens is 1. The maximum Gasteiger partial charge on any atom is 0.265 e. The largest absolute Gasteiger partial charge is 0.497 e. The summed E-state index contributed by atoms with van der Waals surface area (Å²) in [5.41, 5.74) is 1.42. The van der Waals surface area contributed by atoms with Gasteiger partial charge in [-0.2, -0.15) is 0 Å². The zero-order valence-electron chi connectivity index (χ0n) is 12.4. The first-order chi connectivity index (χ1) is 10.4. The van der Waals surface area contributed by atoms with E-state index in [1.165, 1.54) is 26.4 Å². The lowest BCUT2D eigenvalue weighted by Gasteiger charge is -2.13. The van der Waals surface area contributed by atoms with Gasteiger partial charge in [-0.3, -0.25) is 4.72 Å². The number of hydrogen-bond acceptors (Lipinski definition) is 4. The summed E-state index contributed by atoms with van der Waals surface area (Å²) in [5.74, 6) is 0.743. The Labute approximate surface area is 138 Å². The van der Waals surface area contributed by atoms with Crippen LogP contribution in [0.2, 0.25) is 0 Å². The molecule has 0 radical (unpaired) electrons. The van der Waals surface area contributed by atoms with Crippen LogP contribution in [-0.4, -0.2) is 22.6 Å². The van der Waals surface area contributed by atoms with Crippen molar-refractivity contribution in [2.75, 3.05) is 18.9 Å². The van der Waals surface area contributed by atoms with Crippen LogP contribution in [0, 0.1) is 6.92 Å².